The molecule has 0 aromatic heterocycles. The Bertz CT molecular complexity index is 533. The first kappa shape index (κ1) is 11.2. The minimum Gasteiger partial charge on any atom is -0.508 e. The highest BCUT2D eigenvalue weighted by Gasteiger charge is 2.10. The minimum atomic E-state index is -0.956. The molecule has 0 fully saturated rings. The van der Waals surface area contributed by atoms with Crippen LogP contribution in [0.2, 0.25) is 0 Å². The number of nitrogens with zero attached hydrogens (tertiary/aromatic N) is 2. The summed E-state index contributed by atoms with van der Waals surface area (Å²) in [6.07, 6.45) is 0. The maximum absolute atomic E-state index is 13.3. The van der Waals surface area contributed by atoms with Crippen LogP contribution in [-0.2, 0) is 0 Å². The van der Waals surface area contributed by atoms with E-state index >= 15 is 0 Å². The van der Waals surface area contributed by atoms with Crippen LogP contribution in [0.4, 0.5) is 20.2 Å². The molecule has 0 spiro atoms. The van der Waals surface area contributed by atoms with Crippen molar-refractivity contribution >= 4 is 11.4 Å². The van der Waals surface area contributed by atoms with E-state index < -0.39 is 23.1 Å². The Kier molecular flexibility index (Phi) is 3.09. The molecule has 3 nitrogen and oxygen atoms in total. The number of azo groups is 1. The lowest BCUT2D eigenvalue weighted by molar-refractivity contribution is 0.461. The van der Waals surface area contributed by atoms with Gasteiger partial charge in [-0.1, -0.05) is 18.2 Å². The van der Waals surface area contributed by atoms with E-state index in [9.17, 15) is 8.78 Å². The van der Waals surface area contributed by atoms with Crippen molar-refractivity contribution in [2.24, 2.45) is 10.2 Å². The lowest BCUT2D eigenvalue weighted by Gasteiger charge is -1.99. The first-order valence-electron chi connectivity index (χ1n) is 4.81. The molecule has 5 heteroatoms. The zero-order valence-corrected chi connectivity index (χ0v) is 8.64. The Morgan fingerprint density at radius 1 is 0.882 bits per heavy atom. The standard InChI is InChI=1S/C12H8F2N2O/c13-10-6-9(17)7-11(14)12(10)16-15-8-4-2-1-3-5-8/h1-7,17H/b16-15+. The van der Waals surface area contributed by atoms with Gasteiger partial charge in [0.25, 0.3) is 0 Å². The Morgan fingerprint density at radius 3 is 2.06 bits per heavy atom. The average molecular weight is 234 g/mol. The predicted octanol–water partition coefficient (Wildman–Crippen LogP) is 4.09. The maximum Gasteiger partial charge on any atom is 0.157 e. The Morgan fingerprint density at radius 2 is 1.47 bits per heavy atom. The molecule has 0 saturated carbocycles. The molecule has 0 heterocycles. The van der Waals surface area contributed by atoms with Gasteiger partial charge in [0, 0.05) is 12.1 Å². The van der Waals surface area contributed by atoms with Crippen LogP contribution in [0.3, 0.4) is 0 Å². The molecular weight excluding hydrogens is 226 g/mol. The number of hydrogen-bond donors (Lipinski definition) is 1. The van der Waals surface area contributed by atoms with Gasteiger partial charge >= 0.3 is 0 Å². The molecule has 2 aromatic carbocycles. The van der Waals surface area contributed by atoms with Crippen LogP contribution in [0.1, 0.15) is 0 Å². The molecule has 0 aliphatic rings. The second kappa shape index (κ2) is 4.69. The lowest BCUT2D eigenvalue weighted by Crippen LogP contribution is -1.81. The first-order valence-corrected chi connectivity index (χ1v) is 4.81. The van der Waals surface area contributed by atoms with Gasteiger partial charge in [0.2, 0.25) is 0 Å². The number of halogens is 2. The molecule has 86 valence electrons. The number of rotatable bonds is 2. The highest BCUT2D eigenvalue weighted by Crippen LogP contribution is 2.28. The number of phenolic OH excluding ortho intramolecular Hbond substituents is 1. The predicted molar refractivity (Wildman–Crippen MR) is 58.6 cm³/mol. The summed E-state index contributed by atoms with van der Waals surface area (Å²) in [5.41, 5.74) is -0.0361. The van der Waals surface area contributed by atoms with Gasteiger partial charge in [-0.3, -0.25) is 0 Å². The molecule has 0 atom stereocenters. The summed E-state index contributed by atoms with van der Waals surface area (Å²) < 4.78 is 26.5. The van der Waals surface area contributed by atoms with Crippen molar-refractivity contribution in [1.82, 2.24) is 0 Å². The van der Waals surface area contributed by atoms with Crippen molar-refractivity contribution in [1.29, 1.82) is 0 Å². The van der Waals surface area contributed by atoms with Gasteiger partial charge < -0.3 is 5.11 Å². The van der Waals surface area contributed by atoms with Gasteiger partial charge in [0.1, 0.15) is 5.75 Å². The highest BCUT2D eigenvalue weighted by atomic mass is 19.1. The van der Waals surface area contributed by atoms with E-state index in [2.05, 4.69) is 10.2 Å². The average Bonchev–Trinajstić information content (AvgIpc) is 2.29. The molecule has 1 N–H and O–H groups in total. The highest BCUT2D eigenvalue weighted by molar-refractivity contribution is 5.45. The molecule has 0 aliphatic carbocycles. The second-order valence-corrected chi connectivity index (χ2v) is 3.29. The zero-order chi connectivity index (χ0) is 12.3. The molecule has 2 aromatic rings. The molecule has 0 unspecified atom stereocenters. The van der Waals surface area contributed by atoms with Crippen molar-refractivity contribution in [2.75, 3.05) is 0 Å². The summed E-state index contributed by atoms with van der Waals surface area (Å²) in [7, 11) is 0. The van der Waals surface area contributed by atoms with Crippen LogP contribution in [0.25, 0.3) is 0 Å². The van der Waals surface area contributed by atoms with Gasteiger partial charge in [-0.05, 0) is 12.1 Å². The van der Waals surface area contributed by atoms with Gasteiger partial charge in [-0.25, -0.2) is 8.78 Å². The SMILES string of the molecule is Oc1cc(F)c(/N=N/c2ccccc2)c(F)c1. The zero-order valence-electron chi connectivity index (χ0n) is 8.64. The monoisotopic (exact) mass is 234 g/mol. The Labute approximate surface area is 96.1 Å². The Balaban J connectivity index is 2.34. The quantitative estimate of drug-likeness (QED) is 0.781. The summed E-state index contributed by atoms with van der Waals surface area (Å²) in [6, 6.07) is 10.1. The van der Waals surface area contributed by atoms with Crippen LogP contribution >= 0.6 is 0 Å². The van der Waals surface area contributed by atoms with Crippen molar-refractivity contribution in [3.05, 3.63) is 54.1 Å². The molecule has 0 amide bonds. The van der Waals surface area contributed by atoms with Gasteiger partial charge in [-0.15, -0.1) is 5.11 Å². The van der Waals surface area contributed by atoms with Gasteiger partial charge in [-0.2, -0.15) is 5.11 Å². The second-order valence-electron chi connectivity index (χ2n) is 3.29. The van der Waals surface area contributed by atoms with E-state index in [-0.39, 0.29) is 0 Å². The molecule has 17 heavy (non-hydrogen) atoms. The third-order valence-corrected chi connectivity index (χ3v) is 2.02. The van der Waals surface area contributed by atoms with Crippen LogP contribution in [-0.4, -0.2) is 5.11 Å². The fraction of sp³-hybridized carbons (Fsp3) is 0. The molecule has 0 bridgehead atoms. The number of hydrogen-bond acceptors (Lipinski definition) is 3. The van der Waals surface area contributed by atoms with Gasteiger partial charge in [0.05, 0.1) is 5.69 Å². The largest absolute Gasteiger partial charge is 0.508 e. The topological polar surface area (TPSA) is 45.0 Å². The number of benzene rings is 2. The van der Waals surface area contributed by atoms with Crippen LogP contribution in [0, 0.1) is 11.6 Å². The fourth-order valence-corrected chi connectivity index (χ4v) is 1.25. The molecule has 2 rings (SSSR count). The first-order chi connectivity index (χ1) is 8.16. The van der Waals surface area contributed by atoms with Crippen LogP contribution in [0.15, 0.2) is 52.7 Å². The van der Waals surface area contributed by atoms with Crippen LogP contribution in [0.5, 0.6) is 5.75 Å². The summed E-state index contributed by atoms with van der Waals surface area (Å²) >= 11 is 0. The maximum atomic E-state index is 13.3. The summed E-state index contributed by atoms with van der Waals surface area (Å²) in [6.45, 7) is 0. The van der Waals surface area contributed by atoms with Crippen molar-refractivity contribution in [2.45, 2.75) is 0 Å². The molecule has 0 aliphatic heterocycles. The van der Waals surface area contributed by atoms with Gasteiger partial charge in [0.15, 0.2) is 17.3 Å². The van der Waals surface area contributed by atoms with E-state index in [1.807, 2.05) is 0 Å². The fourth-order valence-electron chi connectivity index (χ4n) is 1.25. The molecule has 0 radical (unpaired) electrons. The lowest BCUT2D eigenvalue weighted by atomic mass is 10.3. The van der Waals surface area contributed by atoms with E-state index in [1.54, 1.807) is 30.3 Å². The van der Waals surface area contributed by atoms with E-state index in [0.29, 0.717) is 5.69 Å². The smallest absolute Gasteiger partial charge is 0.157 e. The normalized spacial score (nSPS) is 10.9. The number of aromatic hydroxyl groups is 1. The summed E-state index contributed by atoms with van der Waals surface area (Å²) in [5.74, 6) is -2.40. The molecule has 0 saturated heterocycles. The minimum absolute atomic E-state index is 0.486. The number of phenols is 1. The third-order valence-electron chi connectivity index (χ3n) is 2.02. The van der Waals surface area contributed by atoms with E-state index in [1.165, 1.54) is 0 Å². The summed E-state index contributed by atoms with van der Waals surface area (Å²) in [4.78, 5) is 0. The van der Waals surface area contributed by atoms with Crippen LogP contribution < -0.4 is 0 Å². The van der Waals surface area contributed by atoms with E-state index in [4.69, 9.17) is 5.11 Å². The van der Waals surface area contributed by atoms with E-state index in [0.717, 1.165) is 12.1 Å². The Hall–Kier alpha value is -2.30. The third kappa shape index (κ3) is 2.63. The van der Waals surface area contributed by atoms with Crippen molar-refractivity contribution < 1.29 is 13.9 Å². The molecular formula is C12H8F2N2O. The summed E-state index contributed by atoms with van der Waals surface area (Å²) in [5, 5.41) is 16.1. The van der Waals surface area contributed by atoms with Crippen molar-refractivity contribution in [3.63, 3.8) is 0 Å². The van der Waals surface area contributed by atoms with Crippen molar-refractivity contribution in [3.8, 4) is 5.75 Å².